The number of Topliss-reactive ketones (excluding diaryl/α,β-unsaturated/α-hetero) is 1. The van der Waals surface area contributed by atoms with Crippen LogP contribution in [-0.4, -0.2) is 17.5 Å². The lowest BCUT2D eigenvalue weighted by molar-refractivity contribution is -0.126. The maximum absolute atomic E-state index is 13.3. The molecule has 20 heavy (non-hydrogen) atoms. The summed E-state index contributed by atoms with van der Waals surface area (Å²) in [4.78, 5) is 12.3. The Kier molecular flexibility index (Phi) is 2.88. The lowest BCUT2D eigenvalue weighted by Gasteiger charge is -2.36. The summed E-state index contributed by atoms with van der Waals surface area (Å²) in [5.74, 6) is -1.63. The van der Waals surface area contributed by atoms with E-state index >= 15 is 0 Å². The van der Waals surface area contributed by atoms with Gasteiger partial charge < -0.3 is 5.43 Å². The number of ketones is 1. The molecule has 0 radical (unpaired) electrons. The van der Waals surface area contributed by atoms with Crippen LogP contribution in [0, 0.1) is 23.0 Å². The molecule has 1 aromatic carbocycles. The Hall–Kier alpha value is -1.78. The minimum atomic E-state index is -0.658. The van der Waals surface area contributed by atoms with Crippen LogP contribution in [0.25, 0.3) is 0 Å². The molecule has 0 saturated heterocycles. The molecule has 1 saturated carbocycles. The van der Waals surface area contributed by atoms with E-state index in [1.165, 1.54) is 12.1 Å². The zero-order valence-electron chi connectivity index (χ0n) is 11.4. The monoisotopic (exact) mass is 278 g/mol. The van der Waals surface area contributed by atoms with Crippen LogP contribution >= 0.6 is 0 Å². The number of carbonyl (C=O) groups excluding carboxylic acids is 1. The average molecular weight is 278 g/mol. The van der Waals surface area contributed by atoms with Gasteiger partial charge in [-0.1, -0.05) is 13.8 Å². The maximum Gasteiger partial charge on any atom is 0.144 e. The second-order valence-corrected chi connectivity index (χ2v) is 6.38. The third-order valence-electron chi connectivity index (χ3n) is 3.98. The topological polar surface area (TPSA) is 41.5 Å². The molecule has 0 amide bonds. The van der Waals surface area contributed by atoms with Gasteiger partial charge in [0.15, 0.2) is 0 Å². The molecule has 1 heterocycles. The van der Waals surface area contributed by atoms with Crippen molar-refractivity contribution in [2.45, 2.75) is 32.7 Å². The molecule has 0 spiro atoms. The van der Waals surface area contributed by atoms with E-state index in [2.05, 4.69) is 10.5 Å². The van der Waals surface area contributed by atoms with Crippen LogP contribution < -0.4 is 5.43 Å². The second-order valence-electron chi connectivity index (χ2n) is 6.38. The standard InChI is InChI=1S/C15H16F2N2O/c1-15(2)6-11-13(12(20)7-15)14(19-18-11)8-3-9(16)5-10(17)4-8/h3-5,11,13,18H,6-7H2,1-2H3/t11-,13-/m0/s1. The molecule has 1 aromatic rings. The number of hydrogen-bond donors (Lipinski definition) is 1. The number of fused-ring (bicyclic) bond motifs is 1. The molecule has 1 aliphatic carbocycles. The summed E-state index contributed by atoms with van der Waals surface area (Å²) in [6.45, 7) is 4.09. The summed E-state index contributed by atoms with van der Waals surface area (Å²) in [5, 5.41) is 4.16. The molecule has 1 fully saturated rings. The van der Waals surface area contributed by atoms with Crippen molar-refractivity contribution < 1.29 is 13.6 Å². The molecule has 0 aromatic heterocycles. The van der Waals surface area contributed by atoms with Gasteiger partial charge in [0.05, 0.1) is 17.7 Å². The van der Waals surface area contributed by atoms with E-state index < -0.39 is 17.6 Å². The Balaban J connectivity index is 1.95. The Labute approximate surface area is 116 Å². The number of carbonyl (C=O) groups is 1. The van der Waals surface area contributed by atoms with E-state index in [4.69, 9.17) is 0 Å². The van der Waals surface area contributed by atoms with Crippen molar-refractivity contribution in [1.82, 2.24) is 5.43 Å². The fourth-order valence-electron chi connectivity index (χ4n) is 3.22. The molecule has 1 N–H and O–H groups in total. The van der Waals surface area contributed by atoms with Crippen LogP contribution in [0.1, 0.15) is 32.3 Å². The third-order valence-corrected chi connectivity index (χ3v) is 3.98. The summed E-state index contributed by atoms with van der Waals surface area (Å²) in [5.41, 5.74) is 3.68. The van der Waals surface area contributed by atoms with Crippen molar-refractivity contribution in [2.24, 2.45) is 16.4 Å². The van der Waals surface area contributed by atoms with E-state index in [0.29, 0.717) is 17.7 Å². The van der Waals surface area contributed by atoms with E-state index in [1.807, 2.05) is 13.8 Å². The van der Waals surface area contributed by atoms with E-state index in [0.717, 1.165) is 12.5 Å². The third kappa shape index (κ3) is 2.21. The van der Waals surface area contributed by atoms with Crippen LogP contribution in [0.4, 0.5) is 8.78 Å². The van der Waals surface area contributed by atoms with Gasteiger partial charge in [0.25, 0.3) is 0 Å². The van der Waals surface area contributed by atoms with E-state index in [1.54, 1.807) is 0 Å². The van der Waals surface area contributed by atoms with Gasteiger partial charge >= 0.3 is 0 Å². The number of hydrogen-bond acceptors (Lipinski definition) is 3. The highest BCUT2D eigenvalue weighted by molar-refractivity contribution is 6.15. The van der Waals surface area contributed by atoms with Crippen LogP contribution in [0.5, 0.6) is 0 Å². The molecular formula is C15H16F2N2O. The minimum Gasteiger partial charge on any atom is -0.306 e. The second kappa shape index (κ2) is 4.36. The Morgan fingerprint density at radius 2 is 1.90 bits per heavy atom. The summed E-state index contributed by atoms with van der Waals surface area (Å²) in [6.07, 6.45) is 1.28. The van der Waals surface area contributed by atoms with Gasteiger partial charge in [0.2, 0.25) is 0 Å². The molecule has 2 atom stereocenters. The Morgan fingerprint density at radius 3 is 2.55 bits per heavy atom. The molecular weight excluding hydrogens is 262 g/mol. The Morgan fingerprint density at radius 1 is 1.25 bits per heavy atom. The van der Waals surface area contributed by atoms with Crippen molar-refractivity contribution in [1.29, 1.82) is 0 Å². The first-order valence-electron chi connectivity index (χ1n) is 6.68. The molecule has 0 unspecified atom stereocenters. The lowest BCUT2D eigenvalue weighted by Crippen LogP contribution is -2.45. The highest BCUT2D eigenvalue weighted by Crippen LogP contribution is 2.39. The van der Waals surface area contributed by atoms with Gasteiger partial charge in [-0.05, 0) is 24.0 Å². The molecule has 2 aliphatic rings. The summed E-state index contributed by atoms with van der Waals surface area (Å²) in [6, 6.07) is 3.18. The average Bonchev–Trinajstić information content (AvgIpc) is 2.69. The van der Waals surface area contributed by atoms with Gasteiger partial charge in [-0.15, -0.1) is 0 Å². The largest absolute Gasteiger partial charge is 0.306 e. The van der Waals surface area contributed by atoms with Crippen LogP contribution in [0.3, 0.4) is 0 Å². The van der Waals surface area contributed by atoms with Crippen LogP contribution in [0.15, 0.2) is 23.3 Å². The molecule has 3 nitrogen and oxygen atoms in total. The van der Waals surface area contributed by atoms with E-state index in [9.17, 15) is 13.6 Å². The van der Waals surface area contributed by atoms with Crippen molar-refractivity contribution in [3.8, 4) is 0 Å². The summed E-state index contributed by atoms with van der Waals surface area (Å²) < 4.78 is 26.7. The fourth-order valence-corrected chi connectivity index (χ4v) is 3.22. The minimum absolute atomic E-state index is 0.0661. The predicted octanol–water partition coefficient (Wildman–Crippen LogP) is 2.65. The van der Waals surface area contributed by atoms with Gasteiger partial charge in [0, 0.05) is 18.1 Å². The normalized spacial score (nSPS) is 27.8. The van der Waals surface area contributed by atoms with Gasteiger partial charge in [-0.3, -0.25) is 4.79 Å². The number of hydrazone groups is 1. The first-order valence-corrected chi connectivity index (χ1v) is 6.68. The van der Waals surface area contributed by atoms with Crippen molar-refractivity contribution >= 4 is 11.5 Å². The number of rotatable bonds is 1. The van der Waals surface area contributed by atoms with Gasteiger partial charge in [-0.25, -0.2) is 8.78 Å². The fraction of sp³-hybridized carbons (Fsp3) is 0.467. The highest BCUT2D eigenvalue weighted by Gasteiger charge is 2.46. The SMILES string of the molecule is CC1(C)CC(=O)[C@H]2C(c3cc(F)cc(F)c3)=NN[C@H]2C1. The zero-order chi connectivity index (χ0) is 14.5. The number of nitrogens with zero attached hydrogens (tertiary/aromatic N) is 1. The Bertz CT molecular complexity index is 590. The summed E-state index contributed by atoms with van der Waals surface area (Å²) in [7, 11) is 0. The van der Waals surface area contributed by atoms with E-state index in [-0.39, 0.29) is 17.2 Å². The van der Waals surface area contributed by atoms with Gasteiger partial charge in [-0.2, -0.15) is 5.10 Å². The lowest BCUT2D eigenvalue weighted by atomic mass is 9.68. The van der Waals surface area contributed by atoms with Gasteiger partial charge in [0.1, 0.15) is 17.4 Å². The zero-order valence-corrected chi connectivity index (χ0v) is 11.4. The molecule has 3 rings (SSSR count). The highest BCUT2D eigenvalue weighted by atomic mass is 19.1. The number of nitrogens with one attached hydrogen (secondary N) is 1. The smallest absolute Gasteiger partial charge is 0.144 e. The molecule has 1 aliphatic heterocycles. The quantitative estimate of drug-likeness (QED) is 0.858. The molecule has 106 valence electrons. The van der Waals surface area contributed by atoms with Crippen LogP contribution in [-0.2, 0) is 4.79 Å². The maximum atomic E-state index is 13.3. The van der Waals surface area contributed by atoms with Crippen molar-refractivity contribution in [3.05, 3.63) is 35.4 Å². The van der Waals surface area contributed by atoms with Crippen molar-refractivity contribution in [3.63, 3.8) is 0 Å². The number of halogens is 2. The first kappa shape index (κ1) is 13.2. The molecule has 5 heteroatoms. The van der Waals surface area contributed by atoms with Crippen molar-refractivity contribution in [2.75, 3.05) is 0 Å². The predicted molar refractivity (Wildman–Crippen MR) is 71.3 cm³/mol. The van der Waals surface area contributed by atoms with Crippen LogP contribution in [0.2, 0.25) is 0 Å². The summed E-state index contributed by atoms with van der Waals surface area (Å²) >= 11 is 0. The number of benzene rings is 1. The first-order chi connectivity index (χ1) is 9.35. The molecule has 0 bridgehead atoms.